The van der Waals surface area contributed by atoms with Crippen LogP contribution in [0.15, 0.2) is 12.1 Å². The number of nitrogens with one attached hydrogen (secondary N) is 2. The molecule has 1 aromatic heterocycles. The standard InChI is InChI=1S/C12H8Cl3F3N4O2/c1-4(24-8-3-6(14)5(13)2-7(8)15)9(23)19-11-20-10(21-22-11)12(16,17)18/h2-4H,1H3,(H2,19,20,21,22,23). The molecule has 0 spiro atoms. The van der Waals surface area contributed by atoms with Crippen LogP contribution >= 0.6 is 34.8 Å². The molecule has 2 N–H and O–H groups in total. The topological polar surface area (TPSA) is 79.9 Å². The van der Waals surface area contributed by atoms with Gasteiger partial charge in [0.2, 0.25) is 11.8 Å². The van der Waals surface area contributed by atoms with Crippen molar-refractivity contribution in [3.05, 3.63) is 33.0 Å². The molecule has 130 valence electrons. The number of aromatic amines is 1. The van der Waals surface area contributed by atoms with E-state index in [0.29, 0.717) is 0 Å². The van der Waals surface area contributed by atoms with Gasteiger partial charge in [0, 0.05) is 6.07 Å². The summed E-state index contributed by atoms with van der Waals surface area (Å²) in [5, 5.41) is 8.64. The van der Waals surface area contributed by atoms with Gasteiger partial charge in [-0.05, 0) is 13.0 Å². The lowest BCUT2D eigenvalue weighted by molar-refractivity contribution is -0.144. The van der Waals surface area contributed by atoms with Gasteiger partial charge in [-0.15, -0.1) is 10.2 Å². The lowest BCUT2D eigenvalue weighted by Crippen LogP contribution is -2.30. The first kappa shape index (κ1) is 18.6. The molecular formula is C12H8Cl3F3N4O2. The van der Waals surface area contributed by atoms with Gasteiger partial charge in [0.25, 0.3) is 5.91 Å². The summed E-state index contributed by atoms with van der Waals surface area (Å²) >= 11 is 17.5. The van der Waals surface area contributed by atoms with Crippen LogP contribution in [0.1, 0.15) is 12.7 Å². The van der Waals surface area contributed by atoms with Gasteiger partial charge in [-0.2, -0.15) is 13.2 Å². The highest BCUT2D eigenvalue weighted by atomic mass is 35.5. The zero-order valence-electron chi connectivity index (χ0n) is 11.7. The summed E-state index contributed by atoms with van der Waals surface area (Å²) in [6, 6.07) is 2.64. The number of H-pyrrole nitrogens is 1. The van der Waals surface area contributed by atoms with Gasteiger partial charge >= 0.3 is 6.18 Å². The van der Waals surface area contributed by atoms with E-state index < -0.39 is 30.0 Å². The lowest BCUT2D eigenvalue weighted by atomic mass is 10.3. The van der Waals surface area contributed by atoms with Crippen molar-refractivity contribution >= 4 is 46.7 Å². The number of carbonyl (C=O) groups is 1. The number of hydrogen-bond donors (Lipinski definition) is 2. The van der Waals surface area contributed by atoms with E-state index in [4.69, 9.17) is 39.5 Å². The first-order chi connectivity index (χ1) is 11.1. The zero-order valence-corrected chi connectivity index (χ0v) is 14.0. The van der Waals surface area contributed by atoms with Crippen molar-refractivity contribution in [3.8, 4) is 5.75 Å². The molecule has 2 rings (SSSR count). The molecule has 1 heterocycles. The minimum absolute atomic E-state index is 0.0854. The Bertz CT molecular complexity index is 766. The van der Waals surface area contributed by atoms with E-state index in [1.807, 2.05) is 4.98 Å². The van der Waals surface area contributed by atoms with E-state index >= 15 is 0 Å². The fourth-order valence-corrected chi connectivity index (χ4v) is 2.08. The van der Waals surface area contributed by atoms with Crippen LogP contribution in [0.25, 0.3) is 0 Å². The molecule has 6 nitrogen and oxygen atoms in total. The number of anilines is 1. The Kier molecular flexibility index (Phi) is 5.46. The van der Waals surface area contributed by atoms with Crippen molar-refractivity contribution in [1.82, 2.24) is 15.2 Å². The third-order valence-electron chi connectivity index (χ3n) is 2.64. The minimum Gasteiger partial charge on any atom is -0.479 e. The Morgan fingerprint density at radius 2 is 1.83 bits per heavy atom. The maximum absolute atomic E-state index is 12.4. The van der Waals surface area contributed by atoms with Crippen molar-refractivity contribution in [1.29, 1.82) is 0 Å². The Labute approximate surface area is 148 Å². The SMILES string of the molecule is CC(Oc1cc(Cl)c(Cl)cc1Cl)C(=O)Nc1nnc(C(F)(F)F)[nH]1. The van der Waals surface area contributed by atoms with Crippen molar-refractivity contribution in [2.45, 2.75) is 19.2 Å². The summed E-state index contributed by atoms with van der Waals surface area (Å²) in [6.07, 6.45) is -5.81. The summed E-state index contributed by atoms with van der Waals surface area (Å²) in [5.74, 6) is -2.49. The van der Waals surface area contributed by atoms with E-state index in [9.17, 15) is 18.0 Å². The van der Waals surface area contributed by atoms with Crippen LogP contribution in [-0.4, -0.2) is 27.2 Å². The second kappa shape index (κ2) is 7.04. The quantitative estimate of drug-likeness (QED) is 0.750. The molecule has 1 aromatic carbocycles. The third-order valence-corrected chi connectivity index (χ3v) is 3.66. The number of aromatic nitrogens is 3. The molecule has 2 aromatic rings. The molecule has 0 fully saturated rings. The van der Waals surface area contributed by atoms with Crippen LogP contribution in [0.5, 0.6) is 5.75 Å². The van der Waals surface area contributed by atoms with E-state index in [-0.39, 0.29) is 20.8 Å². The van der Waals surface area contributed by atoms with Gasteiger partial charge in [-0.25, -0.2) is 0 Å². The lowest BCUT2D eigenvalue weighted by Gasteiger charge is -2.15. The van der Waals surface area contributed by atoms with Gasteiger partial charge in [-0.1, -0.05) is 34.8 Å². The Morgan fingerprint density at radius 1 is 1.21 bits per heavy atom. The minimum atomic E-state index is -4.70. The number of benzene rings is 1. The van der Waals surface area contributed by atoms with E-state index in [0.717, 1.165) is 0 Å². The number of ether oxygens (including phenoxy) is 1. The Hall–Kier alpha value is -1.71. The highest BCUT2D eigenvalue weighted by Crippen LogP contribution is 2.34. The first-order valence-electron chi connectivity index (χ1n) is 6.20. The summed E-state index contributed by atoms with van der Waals surface area (Å²) in [4.78, 5) is 13.8. The third kappa shape index (κ3) is 4.43. The molecule has 0 saturated heterocycles. The summed E-state index contributed by atoms with van der Waals surface area (Å²) < 4.78 is 42.5. The number of hydrogen-bond acceptors (Lipinski definition) is 4. The number of carbonyl (C=O) groups excluding carboxylic acids is 1. The summed E-state index contributed by atoms with van der Waals surface area (Å²) in [5.41, 5.74) is 0. The van der Waals surface area contributed by atoms with Crippen LogP contribution < -0.4 is 10.1 Å². The van der Waals surface area contributed by atoms with Crippen molar-refractivity contribution in [2.75, 3.05) is 5.32 Å². The smallest absolute Gasteiger partial charge is 0.451 e. The van der Waals surface area contributed by atoms with Gasteiger partial charge in [0.1, 0.15) is 5.75 Å². The van der Waals surface area contributed by atoms with E-state index in [2.05, 4.69) is 15.5 Å². The molecule has 0 radical (unpaired) electrons. The average Bonchev–Trinajstić information content (AvgIpc) is 2.93. The van der Waals surface area contributed by atoms with Crippen molar-refractivity contribution < 1.29 is 22.7 Å². The number of alkyl halides is 3. The molecule has 1 unspecified atom stereocenters. The maximum Gasteiger partial charge on any atom is 0.451 e. The second-order valence-corrected chi connectivity index (χ2v) is 5.69. The van der Waals surface area contributed by atoms with E-state index in [1.165, 1.54) is 19.1 Å². The van der Waals surface area contributed by atoms with Gasteiger partial charge in [0.15, 0.2) is 6.10 Å². The van der Waals surface area contributed by atoms with Gasteiger partial charge in [0.05, 0.1) is 15.1 Å². The predicted molar refractivity (Wildman–Crippen MR) is 81.6 cm³/mol. The summed E-state index contributed by atoms with van der Waals surface area (Å²) in [7, 11) is 0. The molecule has 0 aliphatic rings. The number of halogens is 6. The molecule has 0 aliphatic heterocycles. The van der Waals surface area contributed by atoms with Crippen LogP contribution in [-0.2, 0) is 11.0 Å². The van der Waals surface area contributed by atoms with Crippen LogP contribution in [0.4, 0.5) is 19.1 Å². The van der Waals surface area contributed by atoms with Crippen molar-refractivity contribution in [3.63, 3.8) is 0 Å². The molecule has 1 amide bonds. The predicted octanol–water partition coefficient (Wildman–Crippen LogP) is 4.19. The van der Waals surface area contributed by atoms with Crippen LogP contribution in [0, 0.1) is 0 Å². The average molecular weight is 404 g/mol. The first-order valence-corrected chi connectivity index (χ1v) is 7.33. The normalized spacial score (nSPS) is 12.8. The monoisotopic (exact) mass is 402 g/mol. The molecule has 1 atom stereocenters. The summed E-state index contributed by atoms with van der Waals surface area (Å²) in [6.45, 7) is 1.36. The zero-order chi connectivity index (χ0) is 18.1. The highest BCUT2D eigenvalue weighted by molar-refractivity contribution is 6.43. The number of amides is 1. The molecule has 12 heteroatoms. The molecular weight excluding hydrogens is 396 g/mol. The van der Waals surface area contributed by atoms with Gasteiger partial charge < -0.3 is 9.72 Å². The second-order valence-electron chi connectivity index (χ2n) is 4.47. The molecule has 0 aliphatic carbocycles. The Morgan fingerprint density at radius 3 is 2.42 bits per heavy atom. The number of nitrogens with zero attached hydrogens (tertiary/aromatic N) is 2. The van der Waals surface area contributed by atoms with Gasteiger partial charge in [-0.3, -0.25) is 10.1 Å². The molecule has 0 bridgehead atoms. The van der Waals surface area contributed by atoms with E-state index in [1.54, 1.807) is 0 Å². The maximum atomic E-state index is 12.4. The number of rotatable bonds is 4. The molecule has 0 saturated carbocycles. The largest absolute Gasteiger partial charge is 0.479 e. The molecule has 24 heavy (non-hydrogen) atoms. The van der Waals surface area contributed by atoms with Crippen LogP contribution in [0.2, 0.25) is 15.1 Å². The van der Waals surface area contributed by atoms with Crippen LogP contribution in [0.3, 0.4) is 0 Å². The Balaban J connectivity index is 2.05. The fourth-order valence-electron chi connectivity index (χ4n) is 1.50. The van der Waals surface area contributed by atoms with Crippen molar-refractivity contribution in [2.24, 2.45) is 0 Å². The highest BCUT2D eigenvalue weighted by Gasteiger charge is 2.35. The fraction of sp³-hybridized carbons (Fsp3) is 0.250.